The van der Waals surface area contributed by atoms with Crippen LogP contribution < -0.4 is 4.74 Å². The Morgan fingerprint density at radius 3 is 3.00 bits per heavy atom. The zero-order chi connectivity index (χ0) is 17.6. The number of rotatable bonds is 2. The van der Waals surface area contributed by atoms with Gasteiger partial charge in [-0.05, 0) is 59.2 Å². The van der Waals surface area contributed by atoms with Gasteiger partial charge in [-0.15, -0.1) is 0 Å². The van der Waals surface area contributed by atoms with Crippen LogP contribution in [0.1, 0.15) is 34.6 Å². The number of hydrogen-bond donors (Lipinski definition) is 0. The first-order valence-corrected chi connectivity index (χ1v) is 9.13. The van der Waals surface area contributed by atoms with Crippen molar-refractivity contribution in [3.8, 4) is 5.75 Å². The van der Waals surface area contributed by atoms with E-state index in [4.69, 9.17) is 4.74 Å². The maximum absolute atomic E-state index is 13.0. The highest BCUT2D eigenvalue weighted by atomic mass is 127. The van der Waals surface area contributed by atoms with Crippen LogP contribution in [-0.2, 0) is 6.42 Å². The Morgan fingerprint density at radius 2 is 2.20 bits per heavy atom. The van der Waals surface area contributed by atoms with Crippen LogP contribution >= 0.6 is 22.6 Å². The van der Waals surface area contributed by atoms with E-state index in [-0.39, 0.29) is 11.9 Å². The van der Waals surface area contributed by atoms with E-state index < -0.39 is 0 Å². The summed E-state index contributed by atoms with van der Waals surface area (Å²) in [7, 11) is 1.67. The fraction of sp³-hybridized carbons (Fsp3) is 0.278. The molecule has 0 bridgehead atoms. The van der Waals surface area contributed by atoms with Crippen LogP contribution in [0.5, 0.6) is 5.75 Å². The largest absolute Gasteiger partial charge is 0.497 e. The van der Waals surface area contributed by atoms with E-state index in [0.29, 0.717) is 17.9 Å². The molecule has 0 saturated carbocycles. The SMILES string of the molecule is COc1ccc2c(c1)CCN(C(=O)c1cc3ncc(I)cn3n1)C2C. The summed E-state index contributed by atoms with van der Waals surface area (Å²) in [5.74, 6) is 0.793. The summed E-state index contributed by atoms with van der Waals surface area (Å²) in [6, 6.07) is 7.80. The lowest BCUT2D eigenvalue weighted by Gasteiger charge is -2.35. The predicted octanol–water partition coefficient (Wildman–Crippen LogP) is 3.10. The molecule has 0 aliphatic carbocycles. The third-order valence-electron chi connectivity index (χ3n) is 4.65. The molecule has 3 heterocycles. The molecule has 1 aliphatic heterocycles. The van der Waals surface area contributed by atoms with Crippen LogP contribution in [0.4, 0.5) is 0 Å². The molecule has 0 saturated heterocycles. The van der Waals surface area contributed by atoms with Crippen molar-refractivity contribution in [2.45, 2.75) is 19.4 Å². The van der Waals surface area contributed by atoms with Crippen molar-refractivity contribution in [1.82, 2.24) is 19.5 Å². The standard InChI is InChI=1S/C18H17IN4O2/c1-11-15-4-3-14(25-2)7-12(15)5-6-22(11)18(24)16-8-17-20-9-13(19)10-23(17)21-16/h3-4,7-11H,5-6H2,1-2H3. The number of hydrogen-bond acceptors (Lipinski definition) is 4. The van der Waals surface area contributed by atoms with Gasteiger partial charge in [0.15, 0.2) is 11.3 Å². The van der Waals surface area contributed by atoms with Crippen molar-refractivity contribution < 1.29 is 9.53 Å². The van der Waals surface area contributed by atoms with E-state index in [1.807, 2.05) is 23.2 Å². The monoisotopic (exact) mass is 448 g/mol. The van der Waals surface area contributed by atoms with Crippen LogP contribution in [0.25, 0.3) is 5.65 Å². The topological polar surface area (TPSA) is 59.7 Å². The third-order valence-corrected chi connectivity index (χ3v) is 5.21. The first kappa shape index (κ1) is 16.3. The van der Waals surface area contributed by atoms with Crippen molar-refractivity contribution in [2.24, 2.45) is 0 Å². The summed E-state index contributed by atoms with van der Waals surface area (Å²) in [6.07, 6.45) is 4.44. The van der Waals surface area contributed by atoms with Gasteiger partial charge in [-0.25, -0.2) is 9.50 Å². The Bertz CT molecular complexity index is 969. The van der Waals surface area contributed by atoms with E-state index in [1.165, 1.54) is 5.56 Å². The summed E-state index contributed by atoms with van der Waals surface area (Å²) in [5.41, 5.74) is 3.51. The second-order valence-corrected chi connectivity index (χ2v) is 7.34. The zero-order valence-electron chi connectivity index (χ0n) is 13.9. The van der Waals surface area contributed by atoms with Crippen LogP contribution in [0.15, 0.2) is 36.7 Å². The molecule has 1 unspecified atom stereocenters. The molecule has 6 nitrogen and oxygen atoms in total. The van der Waals surface area contributed by atoms with Gasteiger partial charge in [-0.2, -0.15) is 5.10 Å². The number of nitrogens with zero attached hydrogens (tertiary/aromatic N) is 4. The number of benzene rings is 1. The van der Waals surface area contributed by atoms with Crippen LogP contribution in [0.3, 0.4) is 0 Å². The number of ether oxygens (including phenoxy) is 1. The Morgan fingerprint density at radius 1 is 1.36 bits per heavy atom. The molecule has 1 amide bonds. The first-order chi connectivity index (χ1) is 12.1. The number of methoxy groups -OCH3 is 1. The quantitative estimate of drug-likeness (QED) is 0.566. The van der Waals surface area contributed by atoms with Gasteiger partial charge < -0.3 is 9.64 Å². The number of carbonyl (C=O) groups excluding carboxylic acids is 1. The van der Waals surface area contributed by atoms with Crippen molar-refractivity contribution in [2.75, 3.05) is 13.7 Å². The lowest BCUT2D eigenvalue weighted by Crippen LogP contribution is -2.39. The van der Waals surface area contributed by atoms with Crippen molar-refractivity contribution in [3.05, 3.63) is 57.1 Å². The molecule has 1 atom stereocenters. The molecule has 128 valence electrons. The molecule has 0 spiro atoms. The van der Waals surface area contributed by atoms with Gasteiger partial charge in [0.05, 0.1) is 13.2 Å². The maximum Gasteiger partial charge on any atom is 0.274 e. The normalized spacial score (nSPS) is 16.8. The average Bonchev–Trinajstić information content (AvgIpc) is 3.04. The Kier molecular flexibility index (Phi) is 4.10. The molecule has 0 N–H and O–H groups in total. The Hall–Kier alpha value is -2.16. The number of carbonyl (C=O) groups is 1. The summed E-state index contributed by atoms with van der Waals surface area (Å²) in [6.45, 7) is 2.72. The van der Waals surface area contributed by atoms with Gasteiger partial charge in [0.1, 0.15) is 5.75 Å². The summed E-state index contributed by atoms with van der Waals surface area (Å²) >= 11 is 2.18. The minimum Gasteiger partial charge on any atom is -0.497 e. The van der Waals surface area contributed by atoms with Gasteiger partial charge in [-0.1, -0.05) is 6.07 Å². The second-order valence-electron chi connectivity index (χ2n) is 6.09. The summed E-state index contributed by atoms with van der Waals surface area (Å²) < 4.78 is 7.93. The zero-order valence-corrected chi connectivity index (χ0v) is 16.1. The van der Waals surface area contributed by atoms with Crippen LogP contribution in [0.2, 0.25) is 0 Å². The molecular weight excluding hydrogens is 431 g/mol. The van der Waals surface area contributed by atoms with E-state index in [9.17, 15) is 4.79 Å². The number of halogens is 1. The molecule has 2 aromatic heterocycles. The van der Waals surface area contributed by atoms with Crippen molar-refractivity contribution >= 4 is 34.1 Å². The lowest BCUT2D eigenvalue weighted by atomic mass is 9.93. The lowest BCUT2D eigenvalue weighted by molar-refractivity contribution is 0.0671. The van der Waals surface area contributed by atoms with Crippen LogP contribution in [-0.4, -0.2) is 39.1 Å². The fourth-order valence-electron chi connectivity index (χ4n) is 3.32. The van der Waals surface area contributed by atoms with E-state index in [1.54, 1.807) is 23.9 Å². The molecule has 3 aromatic rings. The smallest absolute Gasteiger partial charge is 0.274 e. The highest BCUT2D eigenvalue weighted by molar-refractivity contribution is 14.1. The molecule has 1 aromatic carbocycles. The average molecular weight is 448 g/mol. The second kappa shape index (κ2) is 6.29. The van der Waals surface area contributed by atoms with Gasteiger partial charge in [0.25, 0.3) is 5.91 Å². The van der Waals surface area contributed by atoms with E-state index >= 15 is 0 Å². The summed E-state index contributed by atoms with van der Waals surface area (Å²) in [4.78, 5) is 19.2. The molecular formula is C18H17IN4O2. The molecule has 7 heteroatoms. The summed E-state index contributed by atoms with van der Waals surface area (Å²) in [5, 5.41) is 4.40. The van der Waals surface area contributed by atoms with Gasteiger partial charge in [-0.3, -0.25) is 4.79 Å². The van der Waals surface area contributed by atoms with Crippen molar-refractivity contribution in [3.63, 3.8) is 0 Å². The fourth-order valence-corrected chi connectivity index (χ4v) is 3.72. The van der Waals surface area contributed by atoms with Crippen molar-refractivity contribution in [1.29, 1.82) is 0 Å². The molecule has 0 radical (unpaired) electrons. The Balaban J connectivity index is 1.65. The highest BCUT2D eigenvalue weighted by Gasteiger charge is 2.30. The minimum atomic E-state index is -0.0607. The number of aromatic nitrogens is 3. The van der Waals surface area contributed by atoms with E-state index in [2.05, 4.69) is 45.7 Å². The predicted molar refractivity (Wildman–Crippen MR) is 102 cm³/mol. The molecule has 0 fully saturated rings. The molecule has 25 heavy (non-hydrogen) atoms. The molecule has 4 rings (SSSR count). The number of amides is 1. The first-order valence-electron chi connectivity index (χ1n) is 8.05. The highest BCUT2D eigenvalue weighted by Crippen LogP contribution is 2.32. The maximum atomic E-state index is 13.0. The Labute approximate surface area is 158 Å². The van der Waals surface area contributed by atoms with E-state index in [0.717, 1.165) is 21.3 Å². The van der Waals surface area contributed by atoms with Crippen LogP contribution in [0, 0.1) is 3.57 Å². The van der Waals surface area contributed by atoms with Gasteiger partial charge in [0, 0.05) is 28.6 Å². The minimum absolute atomic E-state index is 0.0000589. The van der Waals surface area contributed by atoms with Gasteiger partial charge >= 0.3 is 0 Å². The van der Waals surface area contributed by atoms with Gasteiger partial charge in [0.2, 0.25) is 0 Å². The number of fused-ring (bicyclic) bond motifs is 2. The third kappa shape index (κ3) is 2.86. The molecule has 1 aliphatic rings.